The van der Waals surface area contributed by atoms with Crippen LogP contribution in [0.2, 0.25) is 0 Å². The Bertz CT molecular complexity index is 2980. The van der Waals surface area contributed by atoms with Gasteiger partial charge in [-0.2, -0.15) is 0 Å². The van der Waals surface area contributed by atoms with E-state index >= 15 is 0 Å². The molecular weight excluding hydrogens is 838 g/mol. The average molecular weight is 874 g/mol. The molecule has 0 unspecified atom stereocenters. The summed E-state index contributed by atoms with van der Waals surface area (Å²) in [5.74, 6) is 12.2. The summed E-state index contributed by atoms with van der Waals surface area (Å²) in [6, 6.07) is 63.6. The van der Waals surface area contributed by atoms with Crippen molar-refractivity contribution < 1.29 is 21.1 Å². The Morgan fingerprint density at radius 2 is 0.945 bits per heavy atom. The molecule has 2 N–H and O–H groups in total. The zero-order valence-electron chi connectivity index (χ0n) is 30.0. The summed E-state index contributed by atoms with van der Waals surface area (Å²) in [5, 5.41) is 17.6. The second-order valence-electron chi connectivity index (χ2n) is 13.4. The molecule has 0 saturated heterocycles. The maximum atomic E-state index is 5.44. The molecule has 9 aromatic carbocycles. The third-order valence-electron chi connectivity index (χ3n) is 10.2. The fraction of sp³-hybridized carbons (Fsp3) is 0.0196. The Morgan fingerprint density at radius 1 is 0.436 bits per heavy atom. The molecule has 0 bridgehead atoms. The fourth-order valence-corrected chi connectivity index (χ4v) is 7.57. The molecule has 0 amide bonds. The Hall–Kier alpha value is -6.43. The average Bonchev–Trinajstić information content (AvgIpc) is 3.46. The van der Waals surface area contributed by atoms with Gasteiger partial charge in [-0.3, -0.25) is 0 Å². The van der Waals surface area contributed by atoms with E-state index < -0.39 is 0 Å². The van der Waals surface area contributed by atoms with Crippen molar-refractivity contribution in [2.24, 2.45) is 5.84 Å². The van der Waals surface area contributed by atoms with E-state index in [-0.39, 0.29) is 21.1 Å². The van der Waals surface area contributed by atoms with Crippen LogP contribution in [0.4, 0.5) is 11.4 Å². The van der Waals surface area contributed by atoms with E-state index in [1.807, 2.05) is 30.3 Å². The molecular formula is C51H35N3W. The minimum absolute atomic E-state index is 0. The van der Waals surface area contributed by atoms with Crippen LogP contribution in [0.15, 0.2) is 194 Å². The van der Waals surface area contributed by atoms with Crippen LogP contribution in [-0.2, 0) is 21.1 Å². The second-order valence-corrected chi connectivity index (χ2v) is 13.4. The van der Waals surface area contributed by atoms with Crippen molar-refractivity contribution in [1.29, 1.82) is 0 Å². The summed E-state index contributed by atoms with van der Waals surface area (Å²) in [5.41, 5.74) is 10.5. The van der Waals surface area contributed by atoms with Gasteiger partial charge < -0.3 is 16.6 Å². The van der Waals surface area contributed by atoms with Gasteiger partial charge in [0, 0.05) is 12.0 Å². The van der Waals surface area contributed by atoms with E-state index in [0.717, 1.165) is 33.6 Å². The number of nitrogens with zero attached hydrogens (tertiary/aromatic N) is 2. The monoisotopic (exact) mass is 873 g/mol. The first-order chi connectivity index (χ1) is 26.7. The molecule has 0 saturated carbocycles. The van der Waals surface area contributed by atoms with Gasteiger partial charge in [0.1, 0.15) is 0 Å². The molecule has 0 heterocycles. The van der Waals surface area contributed by atoms with Gasteiger partial charge in [0.05, 0.1) is 0 Å². The van der Waals surface area contributed by atoms with Crippen molar-refractivity contribution in [3.8, 4) is 11.8 Å². The van der Waals surface area contributed by atoms with Crippen molar-refractivity contribution in [1.82, 2.24) is 0 Å². The van der Waals surface area contributed by atoms with Crippen molar-refractivity contribution in [2.45, 2.75) is 6.42 Å². The van der Waals surface area contributed by atoms with Gasteiger partial charge in [0.25, 0.3) is 0 Å². The minimum atomic E-state index is 0. The first-order valence-electron chi connectivity index (χ1n) is 18.2. The number of hydrogen-bond acceptors (Lipinski definition) is 1. The zero-order valence-corrected chi connectivity index (χ0v) is 32.9. The van der Waals surface area contributed by atoms with Gasteiger partial charge in [-0.15, -0.1) is 17.1 Å². The van der Waals surface area contributed by atoms with Crippen LogP contribution in [0, 0.1) is 11.8 Å². The van der Waals surface area contributed by atoms with Gasteiger partial charge in [0.15, 0.2) is 0 Å². The minimum Gasteiger partial charge on any atom is -0.656 e. The Morgan fingerprint density at radius 3 is 1.58 bits per heavy atom. The number of hydrogen-bond donors (Lipinski definition) is 1. The molecule has 260 valence electrons. The summed E-state index contributed by atoms with van der Waals surface area (Å²) < 4.78 is 0. The predicted molar refractivity (Wildman–Crippen MR) is 231 cm³/mol. The van der Waals surface area contributed by atoms with E-state index in [1.54, 1.807) is 0 Å². The zero-order chi connectivity index (χ0) is 36.3. The van der Waals surface area contributed by atoms with E-state index in [0.29, 0.717) is 6.42 Å². The molecule has 0 atom stereocenters. The maximum Gasteiger partial charge on any atom is 2.00 e. The van der Waals surface area contributed by atoms with Crippen LogP contribution >= 0.6 is 0 Å². The summed E-state index contributed by atoms with van der Waals surface area (Å²) in [6.45, 7) is 0. The molecule has 1 aliphatic carbocycles. The third kappa shape index (κ3) is 7.03. The molecule has 55 heavy (non-hydrogen) atoms. The van der Waals surface area contributed by atoms with Gasteiger partial charge in [-0.25, -0.2) is 0 Å². The van der Waals surface area contributed by atoms with Crippen molar-refractivity contribution >= 4 is 76.4 Å². The van der Waals surface area contributed by atoms with E-state index in [2.05, 4.69) is 175 Å². The number of nitrogens with two attached hydrogens (primary N) is 1. The number of fused-ring (bicyclic) bond motifs is 7. The van der Waals surface area contributed by atoms with Crippen LogP contribution in [0.5, 0.6) is 0 Å². The molecule has 0 radical (unpaired) electrons. The third-order valence-corrected chi connectivity index (χ3v) is 10.2. The standard InChI is InChI=1S/C45H28N.C6H7N2.W/c1-4-16-34-31(12-1)25-27-41-36(19-9-20-38(34)41)33-15-7-23-43(45(29-33)46-44-24-8-14-30-11-3-6-18-37(30)44)40-22-10-21-39-35-17-5-2-13-32(35)26-28-42(39)40;7-8-6-4-2-1-3-5-6;/h1-6,8-14,16-22,24-29H,15H2;1-5H,7H2;/q2*-1;+2. The molecule has 4 heteroatoms. The second kappa shape index (κ2) is 15.9. The maximum absolute atomic E-state index is 5.44. The Kier molecular flexibility index (Phi) is 10.3. The fourth-order valence-electron chi connectivity index (χ4n) is 7.57. The van der Waals surface area contributed by atoms with Crippen LogP contribution < -0.4 is 5.84 Å². The summed E-state index contributed by atoms with van der Waals surface area (Å²) in [6.07, 6.45) is 2.91. The Balaban J connectivity index is 0.000000425. The van der Waals surface area contributed by atoms with Crippen LogP contribution in [0.1, 0.15) is 17.5 Å². The van der Waals surface area contributed by atoms with E-state index in [4.69, 9.17) is 11.2 Å². The molecule has 0 aromatic heterocycles. The molecule has 1 aliphatic rings. The number of allylic oxidation sites excluding steroid dienone is 3. The molecule has 9 aromatic rings. The van der Waals surface area contributed by atoms with E-state index in [1.165, 1.54) is 59.6 Å². The van der Waals surface area contributed by atoms with Crippen LogP contribution in [0.3, 0.4) is 0 Å². The summed E-state index contributed by atoms with van der Waals surface area (Å²) in [4.78, 5) is 0. The largest absolute Gasteiger partial charge is 2.00 e. The van der Waals surface area contributed by atoms with Crippen molar-refractivity contribution in [3.63, 3.8) is 0 Å². The normalized spacial score (nSPS) is 12.3. The predicted octanol–water partition coefficient (Wildman–Crippen LogP) is 13.9. The number of benzene rings is 9. The van der Waals surface area contributed by atoms with Gasteiger partial charge in [0.2, 0.25) is 0 Å². The molecule has 3 nitrogen and oxygen atoms in total. The summed E-state index contributed by atoms with van der Waals surface area (Å²) >= 11 is 0. The van der Waals surface area contributed by atoms with Crippen LogP contribution in [-0.4, -0.2) is 0 Å². The quantitative estimate of drug-likeness (QED) is 0.0796. The van der Waals surface area contributed by atoms with Crippen molar-refractivity contribution in [2.75, 3.05) is 0 Å². The van der Waals surface area contributed by atoms with Gasteiger partial charge in [-0.05, 0) is 70.6 Å². The van der Waals surface area contributed by atoms with Gasteiger partial charge in [-0.1, -0.05) is 200 Å². The number of rotatable bonds is 5. The topological polar surface area (TPSA) is 54.2 Å². The summed E-state index contributed by atoms with van der Waals surface area (Å²) in [7, 11) is 0. The smallest absolute Gasteiger partial charge is 0.656 e. The first kappa shape index (κ1) is 35.6. The molecule has 0 spiro atoms. The SMILES string of the molecule is C1#CC(c2cccc3c2ccc2ccccc23)=C([N-]c2cccc3ccccc23)C=C(c2cccc3c2ccc2ccccc23)C1.N[N-]c1ccccc1.[W+2]. The van der Waals surface area contributed by atoms with Crippen LogP contribution in [0.25, 0.3) is 75.8 Å². The molecule has 0 fully saturated rings. The molecule has 10 rings (SSSR count). The van der Waals surface area contributed by atoms with Gasteiger partial charge >= 0.3 is 21.1 Å². The Labute approximate surface area is 335 Å². The van der Waals surface area contributed by atoms with E-state index in [9.17, 15) is 0 Å². The first-order valence-corrected chi connectivity index (χ1v) is 18.2. The van der Waals surface area contributed by atoms with Crippen molar-refractivity contribution in [3.05, 3.63) is 216 Å². The molecule has 0 aliphatic heterocycles.